The molecule has 1 aromatic rings. The lowest BCUT2D eigenvalue weighted by molar-refractivity contribution is 0.597. The molecule has 0 unspecified atom stereocenters. The summed E-state index contributed by atoms with van der Waals surface area (Å²) in [6.07, 6.45) is 0.532. The molecular formula is C10H14Cl2N2O2S. The van der Waals surface area contributed by atoms with Crippen LogP contribution in [-0.2, 0) is 10.0 Å². The quantitative estimate of drug-likeness (QED) is 0.792. The second kappa shape index (κ2) is 6.44. The van der Waals surface area contributed by atoms with Gasteiger partial charge in [-0.25, -0.2) is 8.42 Å². The van der Waals surface area contributed by atoms with Crippen LogP contribution in [0.4, 0.5) is 5.69 Å². The maximum atomic E-state index is 11.7. The lowest BCUT2D eigenvalue weighted by Crippen LogP contribution is -2.20. The highest BCUT2D eigenvalue weighted by Gasteiger charge is 2.12. The molecule has 1 rings (SSSR count). The molecule has 0 spiro atoms. The fourth-order valence-corrected chi connectivity index (χ4v) is 2.76. The molecule has 0 aromatic heterocycles. The number of halogens is 2. The van der Waals surface area contributed by atoms with E-state index < -0.39 is 10.0 Å². The predicted octanol–water partition coefficient (Wildman–Crippen LogP) is 2.34. The summed E-state index contributed by atoms with van der Waals surface area (Å²) in [5.41, 5.74) is 0.309. The largest absolute Gasteiger partial charge is 0.320 e. The predicted molar refractivity (Wildman–Crippen MR) is 72.4 cm³/mol. The van der Waals surface area contributed by atoms with Gasteiger partial charge in [0, 0.05) is 5.02 Å². The average molecular weight is 297 g/mol. The summed E-state index contributed by atoms with van der Waals surface area (Å²) in [7, 11) is -1.61. The van der Waals surface area contributed by atoms with Gasteiger partial charge in [0.05, 0.1) is 16.5 Å². The molecule has 0 aliphatic heterocycles. The van der Waals surface area contributed by atoms with Gasteiger partial charge in [-0.3, -0.25) is 4.72 Å². The van der Waals surface area contributed by atoms with E-state index in [9.17, 15) is 8.42 Å². The van der Waals surface area contributed by atoms with E-state index in [2.05, 4.69) is 10.0 Å². The molecule has 0 saturated carbocycles. The number of rotatable bonds is 6. The normalized spacial score (nSPS) is 11.5. The molecule has 0 amide bonds. The molecule has 0 radical (unpaired) electrons. The topological polar surface area (TPSA) is 58.2 Å². The monoisotopic (exact) mass is 296 g/mol. The Bertz CT molecular complexity index is 477. The van der Waals surface area contributed by atoms with Crippen LogP contribution in [0.2, 0.25) is 10.0 Å². The minimum absolute atomic E-state index is 0.0384. The van der Waals surface area contributed by atoms with E-state index in [0.29, 0.717) is 28.7 Å². The molecule has 96 valence electrons. The zero-order chi connectivity index (χ0) is 12.9. The summed E-state index contributed by atoms with van der Waals surface area (Å²) >= 11 is 11.6. The third-order valence-corrected chi connectivity index (χ3v) is 3.96. The summed E-state index contributed by atoms with van der Waals surface area (Å²) in [4.78, 5) is 0. The van der Waals surface area contributed by atoms with E-state index in [-0.39, 0.29) is 5.75 Å². The molecule has 0 bridgehead atoms. The van der Waals surface area contributed by atoms with Gasteiger partial charge in [0.1, 0.15) is 0 Å². The highest BCUT2D eigenvalue weighted by molar-refractivity contribution is 7.92. The second-order valence-electron chi connectivity index (χ2n) is 3.50. The van der Waals surface area contributed by atoms with E-state index in [0.717, 1.165) is 0 Å². The van der Waals surface area contributed by atoms with Crippen molar-refractivity contribution in [3.05, 3.63) is 28.2 Å². The molecule has 0 saturated heterocycles. The van der Waals surface area contributed by atoms with Crippen molar-refractivity contribution in [3.8, 4) is 0 Å². The summed E-state index contributed by atoms with van der Waals surface area (Å²) in [5.74, 6) is 0.0384. The summed E-state index contributed by atoms with van der Waals surface area (Å²) in [6, 6.07) is 4.64. The first kappa shape index (κ1) is 14.6. The van der Waals surface area contributed by atoms with Gasteiger partial charge in [-0.15, -0.1) is 0 Å². The van der Waals surface area contributed by atoms with Crippen molar-refractivity contribution in [3.63, 3.8) is 0 Å². The van der Waals surface area contributed by atoms with Crippen LogP contribution in [-0.4, -0.2) is 27.8 Å². The molecule has 0 atom stereocenters. The van der Waals surface area contributed by atoms with Crippen molar-refractivity contribution >= 4 is 38.9 Å². The van der Waals surface area contributed by atoms with E-state index in [1.54, 1.807) is 19.2 Å². The van der Waals surface area contributed by atoms with Crippen LogP contribution < -0.4 is 10.0 Å². The third-order valence-electron chi connectivity index (χ3n) is 2.03. The number of hydrogen-bond acceptors (Lipinski definition) is 3. The Balaban J connectivity index is 2.72. The molecule has 1 aromatic carbocycles. The summed E-state index contributed by atoms with van der Waals surface area (Å²) in [6.45, 7) is 0.643. The Kier molecular flexibility index (Phi) is 5.52. The molecule has 4 nitrogen and oxygen atoms in total. The number of sulfonamides is 1. The molecule has 0 aliphatic carbocycles. The maximum Gasteiger partial charge on any atom is 0.232 e. The van der Waals surface area contributed by atoms with Gasteiger partial charge in [-0.2, -0.15) is 0 Å². The van der Waals surface area contributed by atoms with Crippen molar-refractivity contribution in [2.45, 2.75) is 6.42 Å². The van der Waals surface area contributed by atoms with Gasteiger partial charge in [0.25, 0.3) is 0 Å². The van der Waals surface area contributed by atoms with E-state index in [1.807, 2.05) is 0 Å². The van der Waals surface area contributed by atoms with Crippen LogP contribution >= 0.6 is 23.2 Å². The number of hydrogen-bond donors (Lipinski definition) is 2. The first-order chi connectivity index (χ1) is 7.94. The molecule has 0 fully saturated rings. The fraction of sp³-hybridized carbons (Fsp3) is 0.400. The van der Waals surface area contributed by atoms with Crippen molar-refractivity contribution in [2.24, 2.45) is 0 Å². The van der Waals surface area contributed by atoms with Crippen molar-refractivity contribution in [2.75, 3.05) is 24.1 Å². The van der Waals surface area contributed by atoms with Crippen LogP contribution in [0.25, 0.3) is 0 Å². The Morgan fingerprint density at radius 1 is 1.29 bits per heavy atom. The average Bonchev–Trinajstić information content (AvgIpc) is 2.23. The van der Waals surface area contributed by atoms with Crippen LogP contribution in [0, 0.1) is 0 Å². The zero-order valence-corrected chi connectivity index (χ0v) is 11.7. The van der Waals surface area contributed by atoms with Gasteiger partial charge in [0.2, 0.25) is 10.0 Å². The molecule has 2 N–H and O–H groups in total. The molecule has 17 heavy (non-hydrogen) atoms. The van der Waals surface area contributed by atoms with Crippen LogP contribution in [0.5, 0.6) is 0 Å². The van der Waals surface area contributed by atoms with Gasteiger partial charge in [-0.1, -0.05) is 23.2 Å². The number of nitrogens with one attached hydrogen (secondary N) is 2. The Morgan fingerprint density at radius 2 is 2.00 bits per heavy atom. The maximum absolute atomic E-state index is 11.7. The lowest BCUT2D eigenvalue weighted by Gasteiger charge is -2.09. The highest BCUT2D eigenvalue weighted by Crippen LogP contribution is 2.26. The minimum Gasteiger partial charge on any atom is -0.320 e. The van der Waals surface area contributed by atoms with E-state index in [1.165, 1.54) is 6.07 Å². The van der Waals surface area contributed by atoms with Crippen LogP contribution in [0.15, 0.2) is 18.2 Å². The molecule has 0 aliphatic rings. The van der Waals surface area contributed by atoms with Gasteiger partial charge in [-0.05, 0) is 38.2 Å². The van der Waals surface area contributed by atoms with Gasteiger partial charge >= 0.3 is 0 Å². The van der Waals surface area contributed by atoms with Crippen molar-refractivity contribution in [1.82, 2.24) is 5.32 Å². The highest BCUT2D eigenvalue weighted by atomic mass is 35.5. The van der Waals surface area contributed by atoms with Crippen LogP contribution in [0.3, 0.4) is 0 Å². The van der Waals surface area contributed by atoms with Gasteiger partial charge in [0.15, 0.2) is 0 Å². The summed E-state index contributed by atoms with van der Waals surface area (Å²) < 4.78 is 25.8. The van der Waals surface area contributed by atoms with Gasteiger partial charge < -0.3 is 5.32 Å². The van der Waals surface area contributed by atoms with Crippen molar-refractivity contribution < 1.29 is 8.42 Å². The standard InChI is InChI=1S/C10H14Cl2N2O2S/c1-13-5-2-6-17(15,16)14-10-7-8(11)3-4-9(10)12/h3-4,7,13-14H,2,5-6H2,1H3. The lowest BCUT2D eigenvalue weighted by atomic mass is 10.3. The number of benzene rings is 1. The zero-order valence-electron chi connectivity index (χ0n) is 9.33. The Labute approximate surface area is 111 Å². The first-order valence-electron chi connectivity index (χ1n) is 5.05. The van der Waals surface area contributed by atoms with Crippen molar-refractivity contribution in [1.29, 1.82) is 0 Å². The smallest absolute Gasteiger partial charge is 0.232 e. The number of anilines is 1. The second-order valence-corrected chi connectivity index (χ2v) is 6.19. The third kappa shape index (κ3) is 5.12. The molecular weight excluding hydrogens is 283 g/mol. The Hall–Kier alpha value is -0.490. The molecule has 0 heterocycles. The van der Waals surface area contributed by atoms with E-state index >= 15 is 0 Å². The Morgan fingerprint density at radius 3 is 2.65 bits per heavy atom. The minimum atomic E-state index is -3.38. The summed E-state index contributed by atoms with van der Waals surface area (Å²) in [5, 5.41) is 3.64. The fourth-order valence-electron chi connectivity index (χ4n) is 1.23. The molecule has 7 heteroatoms. The van der Waals surface area contributed by atoms with E-state index in [4.69, 9.17) is 23.2 Å². The SMILES string of the molecule is CNCCCS(=O)(=O)Nc1cc(Cl)ccc1Cl. The first-order valence-corrected chi connectivity index (χ1v) is 7.45. The van der Waals surface area contributed by atoms with Crippen LogP contribution in [0.1, 0.15) is 6.42 Å².